The van der Waals surface area contributed by atoms with Crippen LogP contribution in [0.5, 0.6) is 0 Å². The Balaban J connectivity index is 2.11. The van der Waals surface area contributed by atoms with Crippen molar-refractivity contribution in [3.63, 3.8) is 0 Å². The fourth-order valence-electron chi connectivity index (χ4n) is 3.04. The van der Waals surface area contributed by atoms with Crippen LogP contribution in [0.15, 0.2) is 18.2 Å². The van der Waals surface area contributed by atoms with E-state index in [0.717, 1.165) is 24.7 Å². The first-order valence-electron chi connectivity index (χ1n) is 7.91. The van der Waals surface area contributed by atoms with Crippen LogP contribution < -0.4 is 5.32 Å². The van der Waals surface area contributed by atoms with Gasteiger partial charge in [0, 0.05) is 41.8 Å². The topological polar surface area (TPSA) is 15.3 Å². The summed E-state index contributed by atoms with van der Waals surface area (Å²) in [6.07, 6.45) is 2.38. The van der Waals surface area contributed by atoms with Gasteiger partial charge in [-0.05, 0) is 36.5 Å². The van der Waals surface area contributed by atoms with Crippen molar-refractivity contribution < 1.29 is 0 Å². The predicted molar refractivity (Wildman–Crippen MR) is 92.2 cm³/mol. The number of hydrogen-bond donors (Lipinski definition) is 1. The lowest BCUT2D eigenvalue weighted by molar-refractivity contribution is 0.105. The zero-order valence-corrected chi connectivity index (χ0v) is 14.7. The Morgan fingerprint density at radius 3 is 2.71 bits per heavy atom. The highest BCUT2D eigenvalue weighted by molar-refractivity contribution is 6.35. The van der Waals surface area contributed by atoms with Crippen LogP contribution in [-0.2, 0) is 6.54 Å². The van der Waals surface area contributed by atoms with Gasteiger partial charge >= 0.3 is 0 Å². The van der Waals surface area contributed by atoms with E-state index in [-0.39, 0.29) is 0 Å². The molecule has 2 atom stereocenters. The average Bonchev–Trinajstić information content (AvgIpc) is 2.43. The van der Waals surface area contributed by atoms with Gasteiger partial charge in [-0.2, -0.15) is 0 Å². The molecule has 1 heterocycles. The summed E-state index contributed by atoms with van der Waals surface area (Å²) in [7, 11) is 0. The van der Waals surface area contributed by atoms with Crippen LogP contribution >= 0.6 is 23.2 Å². The van der Waals surface area contributed by atoms with Crippen molar-refractivity contribution in [2.75, 3.05) is 13.1 Å². The maximum Gasteiger partial charge on any atom is 0.0465 e. The highest BCUT2D eigenvalue weighted by atomic mass is 35.5. The molecule has 0 spiro atoms. The second kappa shape index (κ2) is 7.82. The van der Waals surface area contributed by atoms with E-state index in [9.17, 15) is 0 Å². The minimum absolute atomic E-state index is 0.583. The van der Waals surface area contributed by atoms with Crippen molar-refractivity contribution in [2.24, 2.45) is 5.92 Å². The Hall–Kier alpha value is -0.280. The minimum Gasteiger partial charge on any atom is -0.311 e. The lowest BCUT2D eigenvalue weighted by atomic mass is 9.97. The van der Waals surface area contributed by atoms with Crippen molar-refractivity contribution in [2.45, 2.75) is 52.2 Å². The van der Waals surface area contributed by atoms with Gasteiger partial charge in [0.05, 0.1) is 0 Å². The third kappa shape index (κ3) is 4.85. The zero-order valence-electron chi connectivity index (χ0n) is 13.2. The smallest absolute Gasteiger partial charge is 0.0465 e. The SMILES string of the molecule is CCC1CN(Cc2ccc(Cl)cc2Cl)C(CC(C)C)CN1. The number of benzene rings is 1. The summed E-state index contributed by atoms with van der Waals surface area (Å²) in [6.45, 7) is 9.90. The van der Waals surface area contributed by atoms with Gasteiger partial charge < -0.3 is 5.32 Å². The number of nitrogens with one attached hydrogen (secondary N) is 1. The van der Waals surface area contributed by atoms with Gasteiger partial charge in [-0.25, -0.2) is 0 Å². The van der Waals surface area contributed by atoms with Crippen molar-refractivity contribution in [1.29, 1.82) is 0 Å². The molecule has 0 amide bonds. The Bertz CT molecular complexity index is 462. The largest absolute Gasteiger partial charge is 0.311 e. The van der Waals surface area contributed by atoms with Gasteiger partial charge in [-0.3, -0.25) is 4.90 Å². The molecule has 2 nitrogen and oxygen atoms in total. The van der Waals surface area contributed by atoms with E-state index in [4.69, 9.17) is 23.2 Å². The molecule has 1 aromatic rings. The Labute approximate surface area is 138 Å². The molecule has 4 heteroatoms. The van der Waals surface area contributed by atoms with Crippen LogP contribution in [0, 0.1) is 5.92 Å². The van der Waals surface area contributed by atoms with Gasteiger partial charge in [0.25, 0.3) is 0 Å². The Kier molecular flexibility index (Phi) is 6.36. The third-order valence-electron chi connectivity index (χ3n) is 4.24. The molecule has 2 unspecified atom stereocenters. The fraction of sp³-hybridized carbons (Fsp3) is 0.647. The molecule has 1 aliphatic rings. The quantitative estimate of drug-likeness (QED) is 0.850. The fourth-order valence-corrected chi connectivity index (χ4v) is 3.51. The first-order valence-corrected chi connectivity index (χ1v) is 8.66. The van der Waals surface area contributed by atoms with Crippen molar-refractivity contribution in [3.05, 3.63) is 33.8 Å². The molecule has 1 aliphatic heterocycles. The van der Waals surface area contributed by atoms with Gasteiger partial charge in [0.1, 0.15) is 0 Å². The molecule has 0 bridgehead atoms. The monoisotopic (exact) mass is 328 g/mol. The van der Waals surface area contributed by atoms with Gasteiger partial charge in [0.2, 0.25) is 0 Å². The molecule has 2 rings (SSSR count). The number of halogens is 2. The summed E-state index contributed by atoms with van der Waals surface area (Å²) >= 11 is 12.3. The summed E-state index contributed by atoms with van der Waals surface area (Å²) in [5.41, 5.74) is 1.17. The lowest BCUT2D eigenvalue weighted by Crippen LogP contribution is -2.56. The zero-order chi connectivity index (χ0) is 15.4. The maximum absolute atomic E-state index is 6.35. The second-order valence-corrected chi connectivity index (χ2v) is 7.31. The molecule has 0 aliphatic carbocycles. The highest BCUT2D eigenvalue weighted by Gasteiger charge is 2.27. The molecule has 0 saturated carbocycles. The molecule has 1 saturated heterocycles. The first-order chi connectivity index (χ1) is 9.99. The molecular formula is C17H26Cl2N2. The molecule has 1 fully saturated rings. The predicted octanol–water partition coefficient (Wildman–Crippen LogP) is 4.59. The van der Waals surface area contributed by atoms with Crippen LogP contribution in [0.1, 0.15) is 39.2 Å². The minimum atomic E-state index is 0.583. The molecule has 0 aromatic heterocycles. The van der Waals surface area contributed by atoms with Crippen LogP contribution in [-0.4, -0.2) is 30.1 Å². The summed E-state index contributed by atoms with van der Waals surface area (Å²) in [6, 6.07) is 6.99. The number of piperazine rings is 1. The number of hydrogen-bond acceptors (Lipinski definition) is 2. The van der Waals surface area contributed by atoms with Gasteiger partial charge in [0.15, 0.2) is 0 Å². The van der Waals surface area contributed by atoms with Gasteiger partial charge in [-0.1, -0.05) is 50.0 Å². The molecule has 1 aromatic carbocycles. The molecular weight excluding hydrogens is 303 g/mol. The van der Waals surface area contributed by atoms with Crippen LogP contribution in [0.3, 0.4) is 0 Å². The van der Waals surface area contributed by atoms with E-state index in [1.54, 1.807) is 0 Å². The Morgan fingerprint density at radius 2 is 2.10 bits per heavy atom. The van der Waals surface area contributed by atoms with E-state index in [1.807, 2.05) is 12.1 Å². The van der Waals surface area contributed by atoms with E-state index in [1.165, 1.54) is 18.4 Å². The summed E-state index contributed by atoms with van der Waals surface area (Å²) in [5.74, 6) is 0.707. The average molecular weight is 329 g/mol. The summed E-state index contributed by atoms with van der Waals surface area (Å²) < 4.78 is 0. The maximum atomic E-state index is 6.35. The van der Waals surface area contributed by atoms with E-state index >= 15 is 0 Å². The van der Waals surface area contributed by atoms with Crippen molar-refractivity contribution in [3.8, 4) is 0 Å². The van der Waals surface area contributed by atoms with Crippen LogP contribution in [0.2, 0.25) is 10.0 Å². The molecule has 1 N–H and O–H groups in total. The van der Waals surface area contributed by atoms with Crippen molar-refractivity contribution in [1.82, 2.24) is 10.2 Å². The van der Waals surface area contributed by atoms with Crippen LogP contribution in [0.4, 0.5) is 0 Å². The van der Waals surface area contributed by atoms with E-state index in [0.29, 0.717) is 23.0 Å². The first kappa shape index (κ1) is 17.1. The van der Waals surface area contributed by atoms with Crippen LogP contribution in [0.25, 0.3) is 0 Å². The highest BCUT2D eigenvalue weighted by Crippen LogP contribution is 2.25. The summed E-state index contributed by atoms with van der Waals surface area (Å²) in [4.78, 5) is 2.58. The lowest BCUT2D eigenvalue weighted by Gasteiger charge is -2.41. The van der Waals surface area contributed by atoms with E-state index < -0.39 is 0 Å². The molecule has 118 valence electrons. The normalized spacial score (nSPS) is 23.7. The Morgan fingerprint density at radius 1 is 1.33 bits per heavy atom. The second-order valence-electron chi connectivity index (χ2n) is 6.46. The third-order valence-corrected chi connectivity index (χ3v) is 4.83. The standard InChI is InChI=1S/C17H26Cl2N2/c1-4-15-11-21(16(9-20-15)7-12(2)3)10-13-5-6-14(18)8-17(13)19/h5-6,8,12,15-16,20H,4,7,9-11H2,1-3H3. The molecule has 21 heavy (non-hydrogen) atoms. The van der Waals surface area contributed by atoms with Crippen molar-refractivity contribution >= 4 is 23.2 Å². The molecule has 0 radical (unpaired) electrons. The van der Waals surface area contributed by atoms with E-state index in [2.05, 4.69) is 37.1 Å². The summed E-state index contributed by atoms with van der Waals surface area (Å²) in [5, 5.41) is 5.15. The number of rotatable bonds is 5. The van der Waals surface area contributed by atoms with Gasteiger partial charge in [-0.15, -0.1) is 0 Å². The number of nitrogens with zero attached hydrogens (tertiary/aromatic N) is 1.